The number of aliphatic hydroxyl groups is 1. The Kier molecular flexibility index (Phi) is 4.28. The highest BCUT2D eigenvalue weighted by Crippen LogP contribution is 2.16. The van der Waals surface area contributed by atoms with Gasteiger partial charge in [-0.25, -0.2) is 0 Å². The van der Waals surface area contributed by atoms with E-state index in [0.29, 0.717) is 17.0 Å². The van der Waals surface area contributed by atoms with E-state index in [2.05, 4.69) is 14.9 Å². The van der Waals surface area contributed by atoms with Gasteiger partial charge in [-0.2, -0.15) is 11.3 Å². The first kappa shape index (κ1) is 14.1. The molecule has 0 aromatic carbocycles. The molecule has 0 saturated heterocycles. The number of aromatic nitrogens is 2. The zero-order valence-electron chi connectivity index (χ0n) is 10.7. The number of nitrogens with one attached hydrogen (secondary N) is 1. The molecule has 1 atom stereocenters. The van der Waals surface area contributed by atoms with Crippen LogP contribution in [0.4, 0.5) is 0 Å². The molecule has 1 amide bonds. The van der Waals surface area contributed by atoms with Crippen LogP contribution in [0.15, 0.2) is 16.8 Å². The van der Waals surface area contributed by atoms with Gasteiger partial charge in [0, 0.05) is 13.0 Å². The maximum Gasteiger partial charge on any atom is 0.265 e. The number of carbonyl (C=O) groups excluding carboxylic acids is 1. The predicted molar refractivity (Wildman–Crippen MR) is 75.6 cm³/mol. The van der Waals surface area contributed by atoms with Crippen LogP contribution in [0.25, 0.3) is 0 Å². The Hall–Kier alpha value is -1.31. The summed E-state index contributed by atoms with van der Waals surface area (Å²) in [6, 6.07) is 1.97. The first-order valence-electron chi connectivity index (χ1n) is 5.78. The molecule has 2 heterocycles. The van der Waals surface area contributed by atoms with E-state index in [-0.39, 0.29) is 12.5 Å². The summed E-state index contributed by atoms with van der Waals surface area (Å²) in [6.07, 6.45) is 0.511. The fourth-order valence-corrected chi connectivity index (χ4v) is 2.93. The fraction of sp³-hybridized carbons (Fsp3) is 0.417. The normalized spacial score (nSPS) is 14.1. The van der Waals surface area contributed by atoms with Crippen LogP contribution in [-0.4, -0.2) is 32.7 Å². The Balaban J connectivity index is 1.91. The number of hydrogen-bond acceptors (Lipinski definition) is 6. The lowest BCUT2D eigenvalue weighted by molar-refractivity contribution is 0.0554. The fourth-order valence-electron chi connectivity index (χ4n) is 1.69. The molecule has 5 nitrogen and oxygen atoms in total. The van der Waals surface area contributed by atoms with Crippen molar-refractivity contribution >= 4 is 28.8 Å². The van der Waals surface area contributed by atoms with Gasteiger partial charge in [0.25, 0.3) is 5.91 Å². The van der Waals surface area contributed by atoms with Crippen molar-refractivity contribution in [1.82, 2.24) is 14.9 Å². The average Bonchev–Trinajstić information content (AvgIpc) is 2.97. The minimum atomic E-state index is -0.969. The maximum absolute atomic E-state index is 11.9. The van der Waals surface area contributed by atoms with Gasteiger partial charge in [0.05, 0.1) is 11.3 Å². The Morgan fingerprint density at radius 3 is 2.95 bits per heavy atom. The van der Waals surface area contributed by atoms with Crippen molar-refractivity contribution in [2.45, 2.75) is 25.9 Å². The topological polar surface area (TPSA) is 75.1 Å². The number of amides is 1. The third kappa shape index (κ3) is 3.82. The predicted octanol–water partition coefficient (Wildman–Crippen LogP) is 1.63. The SMILES string of the molecule is Cc1nnsc1C(=O)NCC(C)(O)Cc1ccsc1. The average molecular weight is 297 g/mol. The van der Waals surface area contributed by atoms with Gasteiger partial charge in [0.1, 0.15) is 4.88 Å². The molecule has 7 heteroatoms. The lowest BCUT2D eigenvalue weighted by Crippen LogP contribution is -2.42. The molecule has 0 saturated carbocycles. The van der Waals surface area contributed by atoms with E-state index in [1.54, 1.807) is 25.2 Å². The van der Waals surface area contributed by atoms with E-state index in [1.165, 1.54) is 0 Å². The second kappa shape index (κ2) is 5.77. The number of aryl methyl sites for hydroxylation is 1. The molecular weight excluding hydrogens is 282 g/mol. The molecule has 102 valence electrons. The molecule has 2 N–H and O–H groups in total. The van der Waals surface area contributed by atoms with Crippen molar-refractivity contribution in [3.8, 4) is 0 Å². The summed E-state index contributed by atoms with van der Waals surface area (Å²) in [5, 5.41) is 20.7. The Bertz CT molecular complexity index is 549. The minimum Gasteiger partial charge on any atom is -0.388 e. The highest BCUT2D eigenvalue weighted by Gasteiger charge is 2.23. The molecule has 19 heavy (non-hydrogen) atoms. The number of thiophene rings is 1. The molecular formula is C12H15N3O2S2. The molecule has 0 aliphatic heterocycles. The van der Waals surface area contributed by atoms with E-state index in [9.17, 15) is 9.90 Å². The third-order valence-corrected chi connectivity index (χ3v) is 4.21. The van der Waals surface area contributed by atoms with Crippen LogP contribution in [0.3, 0.4) is 0 Å². The summed E-state index contributed by atoms with van der Waals surface area (Å²) in [6.45, 7) is 3.64. The summed E-state index contributed by atoms with van der Waals surface area (Å²) in [5.41, 5.74) is 0.711. The van der Waals surface area contributed by atoms with Gasteiger partial charge in [-0.15, -0.1) is 5.10 Å². The Labute approximate surface area is 119 Å². The first-order valence-corrected chi connectivity index (χ1v) is 7.50. The minimum absolute atomic E-state index is 0.193. The largest absolute Gasteiger partial charge is 0.388 e. The van der Waals surface area contributed by atoms with Crippen molar-refractivity contribution < 1.29 is 9.90 Å². The summed E-state index contributed by atoms with van der Waals surface area (Å²) in [4.78, 5) is 12.4. The van der Waals surface area contributed by atoms with Crippen molar-refractivity contribution in [2.24, 2.45) is 0 Å². The van der Waals surface area contributed by atoms with Crippen molar-refractivity contribution in [1.29, 1.82) is 0 Å². The van der Waals surface area contributed by atoms with E-state index in [0.717, 1.165) is 17.1 Å². The summed E-state index contributed by atoms with van der Waals surface area (Å²) in [7, 11) is 0. The van der Waals surface area contributed by atoms with Crippen LogP contribution < -0.4 is 5.32 Å². The monoisotopic (exact) mass is 297 g/mol. The number of rotatable bonds is 5. The van der Waals surface area contributed by atoms with Crippen LogP contribution in [0.5, 0.6) is 0 Å². The van der Waals surface area contributed by atoms with Crippen LogP contribution in [-0.2, 0) is 6.42 Å². The van der Waals surface area contributed by atoms with E-state index in [1.807, 2.05) is 16.8 Å². The van der Waals surface area contributed by atoms with Gasteiger partial charge in [-0.05, 0) is 47.8 Å². The number of carbonyl (C=O) groups is 1. The highest BCUT2D eigenvalue weighted by atomic mass is 32.1. The summed E-state index contributed by atoms with van der Waals surface area (Å²) < 4.78 is 3.72. The quantitative estimate of drug-likeness (QED) is 0.879. The molecule has 0 aliphatic rings. The van der Waals surface area contributed by atoms with Crippen LogP contribution >= 0.6 is 22.9 Å². The molecule has 2 aromatic heterocycles. The van der Waals surface area contributed by atoms with Crippen LogP contribution in [0, 0.1) is 6.92 Å². The van der Waals surface area contributed by atoms with Gasteiger partial charge in [0.15, 0.2) is 0 Å². The lowest BCUT2D eigenvalue weighted by Gasteiger charge is -2.23. The summed E-state index contributed by atoms with van der Waals surface area (Å²) >= 11 is 2.65. The van der Waals surface area contributed by atoms with Gasteiger partial charge in [-0.3, -0.25) is 4.79 Å². The molecule has 0 aliphatic carbocycles. The molecule has 1 unspecified atom stereocenters. The molecule has 0 bridgehead atoms. The third-order valence-electron chi connectivity index (χ3n) is 2.65. The van der Waals surface area contributed by atoms with Crippen molar-refractivity contribution in [2.75, 3.05) is 6.54 Å². The van der Waals surface area contributed by atoms with Gasteiger partial charge >= 0.3 is 0 Å². The van der Waals surface area contributed by atoms with E-state index in [4.69, 9.17) is 0 Å². The Morgan fingerprint density at radius 1 is 1.58 bits per heavy atom. The van der Waals surface area contributed by atoms with Gasteiger partial charge in [0.2, 0.25) is 0 Å². The van der Waals surface area contributed by atoms with Crippen molar-refractivity contribution in [3.63, 3.8) is 0 Å². The molecule has 2 aromatic rings. The number of hydrogen-bond donors (Lipinski definition) is 2. The van der Waals surface area contributed by atoms with Gasteiger partial charge < -0.3 is 10.4 Å². The summed E-state index contributed by atoms with van der Waals surface area (Å²) in [5.74, 6) is -0.238. The number of nitrogens with zero attached hydrogens (tertiary/aromatic N) is 2. The zero-order chi connectivity index (χ0) is 13.9. The smallest absolute Gasteiger partial charge is 0.265 e. The Morgan fingerprint density at radius 2 is 2.37 bits per heavy atom. The lowest BCUT2D eigenvalue weighted by atomic mass is 9.98. The maximum atomic E-state index is 11.9. The van der Waals surface area contributed by atoms with Gasteiger partial charge in [-0.1, -0.05) is 4.49 Å². The first-order chi connectivity index (χ1) is 8.98. The molecule has 2 rings (SSSR count). The second-order valence-corrected chi connectivity index (χ2v) is 6.21. The highest BCUT2D eigenvalue weighted by molar-refractivity contribution is 7.08. The second-order valence-electron chi connectivity index (χ2n) is 4.68. The standard InChI is InChI=1S/C12H15N3O2S2/c1-8-10(19-15-14-8)11(16)13-7-12(2,17)5-9-3-4-18-6-9/h3-4,6,17H,5,7H2,1-2H3,(H,13,16). The molecule has 0 radical (unpaired) electrons. The van der Waals surface area contributed by atoms with E-state index < -0.39 is 5.60 Å². The van der Waals surface area contributed by atoms with Crippen LogP contribution in [0.1, 0.15) is 27.9 Å². The molecule has 0 spiro atoms. The van der Waals surface area contributed by atoms with Crippen molar-refractivity contribution in [3.05, 3.63) is 33.0 Å². The zero-order valence-corrected chi connectivity index (χ0v) is 12.3. The van der Waals surface area contributed by atoms with Crippen LogP contribution in [0.2, 0.25) is 0 Å². The van der Waals surface area contributed by atoms with E-state index >= 15 is 0 Å². The molecule has 0 fully saturated rings.